The summed E-state index contributed by atoms with van der Waals surface area (Å²) in [5.41, 5.74) is 7.06. The van der Waals surface area contributed by atoms with Crippen LogP contribution in [0.5, 0.6) is 11.5 Å². The van der Waals surface area contributed by atoms with Crippen LogP contribution in [0.2, 0.25) is 0 Å². The van der Waals surface area contributed by atoms with E-state index in [1.807, 2.05) is 48.5 Å². The number of hydrogen-bond acceptors (Lipinski definition) is 5. The number of ether oxygens (including phenoxy) is 4. The standard InChI is InChI=1S/C20H25NO5/c1-23-10-11-24-12-13-25-18-8-6-16(7-9-18)15-26-19-5-3-2-4-17(19)14-20(21)22/h2-9H,10-15H2,1H3,(H2,21,22). The molecule has 0 aliphatic rings. The van der Waals surface area contributed by atoms with Gasteiger partial charge in [-0.1, -0.05) is 30.3 Å². The zero-order chi connectivity index (χ0) is 18.6. The molecule has 0 aliphatic heterocycles. The third-order valence-electron chi connectivity index (χ3n) is 3.58. The van der Waals surface area contributed by atoms with E-state index in [1.54, 1.807) is 7.11 Å². The molecular weight excluding hydrogens is 334 g/mol. The first kappa shape index (κ1) is 19.8. The first-order chi connectivity index (χ1) is 12.7. The van der Waals surface area contributed by atoms with Gasteiger partial charge in [-0.15, -0.1) is 0 Å². The molecule has 0 heterocycles. The van der Waals surface area contributed by atoms with Crippen LogP contribution in [0.3, 0.4) is 0 Å². The Kier molecular flexibility index (Phi) is 8.45. The molecule has 26 heavy (non-hydrogen) atoms. The van der Waals surface area contributed by atoms with Gasteiger partial charge in [0.25, 0.3) is 0 Å². The predicted molar refractivity (Wildman–Crippen MR) is 98.3 cm³/mol. The SMILES string of the molecule is COCCOCCOc1ccc(COc2ccccc2CC(N)=O)cc1. The van der Waals surface area contributed by atoms with Crippen LogP contribution in [-0.4, -0.2) is 39.4 Å². The van der Waals surface area contributed by atoms with E-state index in [1.165, 1.54) is 0 Å². The van der Waals surface area contributed by atoms with E-state index in [0.29, 0.717) is 38.8 Å². The number of para-hydroxylation sites is 1. The van der Waals surface area contributed by atoms with Crippen molar-refractivity contribution in [2.75, 3.05) is 33.5 Å². The van der Waals surface area contributed by atoms with Crippen LogP contribution in [0.4, 0.5) is 0 Å². The number of carbonyl (C=O) groups excluding carboxylic acids is 1. The van der Waals surface area contributed by atoms with E-state index in [2.05, 4.69) is 0 Å². The van der Waals surface area contributed by atoms with Gasteiger partial charge in [0.15, 0.2) is 0 Å². The zero-order valence-electron chi connectivity index (χ0n) is 15.0. The molecule has 2 rings (SSSR count). The number of rotatable bonds is 12. The second kappa shape index (κ2) is 11.1. The van der Waals surface area contributed by atoms with Crippen molar-refractivity contribution in [3.63, 3.8) is 0 Å². The zero-order valence-corrected chi connectivity index (χ0v) is 15.0. The number of hydrogen-bond donors (Lipinski definition) is 1. The van der Waals surface area contributed by atoms with Crippen molar-refractivity contribution in [1.82, 2.24) is 0 Å². The molecule has 0 aromatic heterocycles. The summed E-state index contributed by atoms with van der Waals surface area (Å²) < 4.78 is 21.7. The van der Waals surface area contributed by atoms with Crippen molar-refractivity contribution < 1.29 is 23.7 Å². The van der Waals surface area contributed by atoms with Crippen LogP contribution in [-0.2, 0) is 27.3 Å². The minimum absolute atomic E-state index is 0.162. The molecule has 140 valence electrons. The van der Waals surface area contributed by atoms with Crippen molar-refractivity contribution in [3.05, 3.63) is 59.7 Å². The van der Waals surface area contributed by atoms with Crippen LogP contribution in [0, 0.1) is 0 Å². The molecule has 2 aromatic carbocycles. The van der Waals surface area contributed by atoms with Crippen LogP contribution >= 0.6 is 0 Å². The van der Waals surface area contributed by atoms with Crippen LogP contribution < -0.4 is 15.2 Å². The molecule has 2 aromatic rings. The largest absolute Gasteiger partial charge is 0.491 e. The van der Waals surface area contributed by atoms with Gasteiger partial charge in [0.1, 0.15) is 24.7 Å². The molecule has 6 nitrogen and oxygen atoms in total. The summed E-state index contributed by atoms with van der Waals surface area (Å²) in [6, 6.07) is 15.1. The van der Waals surface area contributed by atoms with Gasteiger partial charge in [-0.3, -0.25) is 4.79 Å². The molecule has 0 radical (unpaired) electrons. The van der Waals surface area contributed by atoms with Gasteiger partial charge in [0.05, 0.1) is 26.2 Å². The van der Waals surface area contributed by atoms with E-state index >= 15 is 0 Å². The molecule has 0 saturated heterocycles. The van der Waals surface area contributed by atoms with Crippen LogP contribution in [0.25, 0.3) is 0 Å². The third-order valence-corrected chi connectivity index (χ3v) is 3.58. The summed E-state index contributed by atoms with van der Waals surface area (Å²) in [5.74, 6) is 1.06. The third kappa shape index (κ3) is 7.13. The van der Waals surface area contributed by atoms with Gasteiger partial charge in [-0.05, 0) is 23.8 Å². The monoisotopic (exact) mass is 359 g/mol. The summed E-state index contributed by atoms with van der Waals surface area (Å²) in [7, 11) is 1.64. The van der Waals surface area contributed by atoms with Gasteiger partial charge in [-0.2, -0.15) is 0 Å². The highest BCUT2D eigenvalue weighted by molar-refractivity contribution is 5.77. The van der Waals surface area contributed by atoms with Gasteiger partial charge in [0.2, 0.25) is 5.91 Å². The number of benzene rings is 2. The molecule has 0 bridgehead atoms. The Morgan fingerprint density at radius 1 is 0.923 bits per heavy atom. The first-order valence-corrected chi connectivity index (χ1v) is 8.46. The molecule has 0 aliphatic carbocycles. The van der Waals surface area contributed by atoms with E-state index in [9.17, 15) is 4.79 Å². The Balaban J connectivity index is 1.78. The normalized spacial score (nSPS) is 10.5. The Morgan fingerprint density at radius 2 is 1.65 bits per heavy atom. The maximum atomic E-state index is 11.1. The van der Waals surface area contributed by atoms with Crippen LogP contribution in [0.15, 0.2) is 48.5 Å². The van der Waals surface area contributed by atoms with Crippen molar-refractivity contribution in [1.29, 1.82) is 0 Å². The van der Waals surface area contributed by atoms with Crippen molar-refractivity contribution in [2.24, 2.45) is 5.73 Å². The molecule has 1 amide bonds. The molecular formula is C20H25NO5. The number of nitrogens with two attached hydrogens (primary N) is 1. The Bertz CT molecular complexity index is 672. The van der Waals surface area contributed by atoms with E-state index < -0.39 is 0 Å². The average molecular weight is 359 g/mol. The van der Waals surface area contributed by atoms with E-state index in [0.717, 1.165) is 16.9 Å². The minimum atomic E-state index is -0.381. The molecule has 0 spiro atoms. The molecule has 0 fully saturated rings. The lowest BCUT2D eigenvalue weighted by atomic mass is 10.1. The number of primary amides is 1. The maximum absolute atomic E-state index is 11.1. The van der Waals surface area contributed by atoms with Crippen molar-refractivity contribution >= 4 is 5.91 Å². The highest BCUT2D eigenvalue weighted by Crippen LogP contribution is 2.20. The Morgan fingerprint density at radius 3 is 2.38 bits per heavy atom. The fourth-order valence-electron chi connectivity index (χ4n) is 2.28. The molecule has 0 saturated carbocycles. The molecule has 0 atom stereocenters. The lowest BCUT2D eigenvalue weighted by Gasteiger charge is -2.11. The summed E-state index contributed by atoms with van der Waals surface area (Å²) in [4.78, 5) is 11.1. The quantitative estimate of drug-likeness (QED) is 0.589. The van der Waals surface area contributed by atoms with E-state index in [4.69, 9.17) is 24.7 Å². The second-order valence-electron chi connectivity index (χ2n) is 5.64. The van der Waals surface area contributed by atoms with Crippen molar-refractivity contribution in [3.8, 4) is 11.5 Å². The molecule has 0 unspecified atom stereocenters. The highest BCUT2D eigenvalue weighted by atomic mass is 16.5. The fraction of sp³-hybridized carbons (Fsp3) is 0.350. The summed E-state index contributed by atoms with van der Waals surface area (Å²) in [6.45, 7) is 2.55. The number of amides is 1. The molecule has 6 heteroatoms. The highest BCUT2D eigenvalue weighted by Gasteiger charge is 2.06. The average Bonchev–Trinajstić information content (AvgIpc) is 2.64. The maximum Gasteiger partial charge on any atom is 0.221 e. The lowest BCUT2D eigenvalue weighted by molar-refractivity contribution is -0.117. The second-order valence-corrected chi connectivity index (χ2v) is 5.64. The Labute approximate surface area is 153 Å². The predicted octanol–water partition coefficient (Wildman–Crippen LogP) is 2.34. The van der Waals surface area contributed by atoms with Gasteiger partial charge >= 0.3 is 0 Å². The summed E-state index contributed by atoms with van der Waals surface area (Å²) in [6.07, 6.45) is 0.162. The Hall–Kier alpha value is -2.57. The van der Waals surface area contributed by atoms with Crippen molar-refractivity contribution in [2.45, 2.75) is 13.0 Å². The van der Waals surface area contributed by atoms with Crippen LogP contribution in [0.1, 0.15) is 11.1 Å². The van der Waals surface area contributed by atoms with Gasteiger partial charge in [-0.25, -0.2) is 0 Å². The van der Waals surface area contributed by atoms with Gasteiger partial charge in [0, 0.05) is 12.7 Å². The number of methoxy groups -OCH3 is 1. The lowest BCUT2D eigenvalue weighted by Crippen LogP contribution is -2.14. The smallest absolute Gasteiger partial charge is 0.221 e. The van der Waals surface area contributed by atoms with E-state index in [-0.39, 0.29) is 12.3 Å². The summed E-state index contributed by atoms with van der Waals surface area (Å²) >= 11 is 0. The topological polar surface area (TPSA) is 80.0 Å². The first-order valence-electron chi connectivity index (χ1n) is 8.46. The fourth-order valence-corrected chi connectivity index (χ4v) is 2.28. The van der Waals surface area contributed by atoms with Gasteiger partial charge < -0.3 is 24.7 Å². The molecule has 2 N–H and O–H groups in total. The number of carbonyl (C=O) groups is 1. The summed E-state index contributed by atoms with van der Waals surface area (Å²) in [5, 5.41) is 0. The minimum Gasteiger partial charge on any atom is -0.491 e.